The maximum Gasteiger partial charge on any atom is 0.337 e. The lowest BCUT2D eigenvalue weighted by Gasteiger charge is -2.00. The second kappa shape index (κ2) is 9.32. The molecule has 0 amide bonds. The van der Waals surface area contributed by atoms with Crippen molar-refractivity contribution in [2.24, 2.45) is 0 Å². The molecular weight excluding hydrogens is 376 g/mol. The first kappa shape index (κ1) is 19.8. The summed E-state index contributed by atoms with van der Waals surface area (Å²) in [5.41, 5.74) is 1.88. The number of hydrogen-bond acceptors (Lipinski definition) is 8. The zero-order valence-corrected chi connectivity index (χ0v) is 15.8. The lowest BCUT2D eigenvalue weighted by Crippen LogP contribution is -2.01. The molecule has 0 aliphatic heterocycles. The summed E-state index contributed by atoms with van der Waals surface area (Å²) in [6.07, 6.45) is 2.84. The maximum atomic E-state index is 11.9. The summed E-state index contributed by atoms with van der Waals surface area (Å²) in [6.45, 7) is -0.151. The van der Waals surface area contributed by atoms with Gasteiger partial charge in [0.25, 0.3) is 5.89 Å². The van der Waals surface area contributed by atoms with Crippen molar-refractivity contribution < 1.29 is 28.3 Å². The van der Waals surface area contributed by atoms with Crippen LogP contribution in [0.1, 0.15) is 21.8 Å². The monoisotopic (exact) mass is 394 g/mol. The van der Waals surface area contributed by atoms with Gasteiger partial charge in [0, 0.05) is 11.6 Å². The summed E-state index contributed by atoms with van der Waals surface area (Å²) in [6, 6.07) is 13.8. The number of carbonyl (C=O) groups is 2. The van der Waals surface area contributed by atoms with E-state index in [0.29, 0.717) is 17.1 Å². The Morgan fingerprint density at radius 3 is 2.62 bits per heavy atom. The van der Waals surface area contributed by atoms with Gasteiger partial charge < -0.3 is 18.7 Å². The first-order valence-electron chi connectivity index (χ1n) is 8.59. The number of nitrogens with zero attached hydrogens (tertiary/aromatic N) is 2. The molecule has 0 aliphatic rings. The minimum atomic E-state index is -0.567. The molecule has 0 N–H and O–H groups in total. The standard InChI is InChI=1S/C21H18N2O6/c1-26-17-5-3-4-16(12-17)20-22-18(29-23-20)13-28-19(24)11-8-14-6-9-15(10-7-14)21(25)27-2/h3-12H,13H2,1-2H3/b11-8+. The summed E-state index contributed by atoms with van der Waals surface area (Å²) in [7, 11) is 2.89. The maximum absolute atomic E-state index is 11.9. The van der Waals surface area contributed by atoms with Crippen molar-refractivity contribution in [1.29, 1.82) is 0 Å². The normalized spacial score (nSPS) is 10.7. The van der Waals surface area contributed by atoms with Crippen LogP contribution in [0.2, 0.25) is 0 Å². The molecule has 0 aliphatic carbocycles. The van der Waals surface area contributed by atoms with Crippen molar-refractivity contribution in [1.82, 2.24) is 10.1 Å². The molecule has 0 saturated heterocycles. The fourth-order valence-corrected chi connectivity index (χ4v) is 2.39. The van der Waals surface area contributed by atoms with Crippen LogP contribution in [0, 0.1) is 0 Å². The van der Waals surface area contributed by atoms with Gasteiger partial charge in [0.1, 0.15) is 5.75 Å². The predicted octanol–water partition coefficient (Wildman–Crippen LogP) is 3.29. The molecule has 0 saturated carbocycles. The zero-order valence-electron chi connectivity index (χ0n) is 15.8. The fourth-order valence-electron chi connectivity index (χ4n) is 2.39. The molecular formula is C21H18N2O6. The number of benzene rings is 2. The summed E-state index contributed by atoms with van der Waals surface area (Å²) in [4.78, 5) is 27.5. The summed E-state index contributed by atoms with van der Waals surface area (Å²) in [5.74, 6) is 0.226. The van der Waals surface area contributed by atoms with Gasteiger partial charge in [0.15, 0.2) is 6.61 Å². The Hall–Kier alpha value is -3.94. The Labute approximate surface area is 166 Å². The van der Waals surface area contributed by atoms with E-state index in [4.69, 9.17) is 14.0 Å². The van der Waals surface area contributed by atoms with Crippen LogP contribution in [0.5, 0.6) is 5.75 Å². The number of ether oxygens (including phenoxy) is 3. The van der Waals surface area contributed by atoms with Crippen LogP contribution in [0.25, 0.3) is 17.5 Å². The van der Waals surface area contributed by atoms with Gasteiger partial charge in [-0.25, -0.2) is 9.59 Å². The first-order chi connectivity index (χ1) is 14.1. The molecule has 3 aromatic rings. The van der Waals surface area contributed by atoms with Gasteiger partial charge in [0.2, 0.25) is 5.82 Å². The van der Waals surface area contributed by atoms with E-state index in [-0.39, 0.29) is 12.5 Å². The minimum absolute atomic E-state index is 0.151. The molecule has 8 nitrogen and oxygen atoms in total. The van der Waals surface area contributed by atoms with Crippen molar-refractivity contribution in [3.05, 3.63) is 71.6 Å². The Morgan fingerprint density at radius 2 is 1.90 bits per heavy atom. The van der Waals surface area contributed by atoms with E-state index >= 15 is 0 Å². The molecule has 0 spiro atoms. The van der Waals surface area contributed by atoms with Gasteiger partial charge in [-0.2, -0.15) is 4.98 Å². The Kier molecular flexibility index (Phi) is 6.36. The number of carbonyl (C=O) groups excluding carboxylic acids is 2. The van der Waals surface area contributed by atoms with Gasteiger partial charge >= 0.3 is 11.9 Å². The van der Waals surface area contributed by atoms with Crippen LogP contribution in [0.3, 0.4) is 0 Å². The van der Waals surface area contributed by atoms with Gasteiger partial charge in [-0.3, -0.25) is 0 Å². The van der Waals surface area contributed by atoms with Gasteiger partial charge in [-0.1, -0.05) is 29.4 Å². The number of methoxy groups -OCH3 is 2. The lowest BCUT2D eigenvalue weighted by atomic mass is 10.1. The molecule has 1 heterocycles. The number of hydrogen-bond donors (Lipinski definition) is 0. The minimum Gasteiger partial charge on any atom is -0.497 e. The van der Waals surface area contributed by atoms with Crippen molar-refractivity contribution in [3.8, 4) is 17.1 Å². The Bertz CT molecular complexity index is 1020. The molecule has 3 rings (SSSR count). The van der Waals surface area contributed by atoms with E-state index in [2.05, 4.69) is 14.9 Å². The van der Waals surface area contributed by atoms with Gasteiger partial charge in [-0.05, 0) is 35.9 Å². The molecule has 0 bridgehead atoms. The third kappa shape index (κ3) is 5.29. The van der Waals surface area contributed by atoms with Gasteiger partial charge in [-0.15, -0.1) is 0 Å². The van der Waals surface area contributed by atoms with E-state index < -0.39 is 11.9 Å². The highest BCUT2D eigenvalue weighted by Crippen LogP contribution is 2.21. The number of rotatable bonds is 7. The second-order valence-corrected chi connectivity index (χ2v) is 5.80. The second-order valence-electron chi connectivity index (χ2n) is 5.80. The predicted molar refractivity (Wildman–Crippen MR) is 103 cm³/mol. The van der Waals surface area contributed by atoms with Crippen LogP contribution in [0.4, 0.5) is 0 Å². The third-order valence-corrected chi connectivity index (χ3v) is 3.88. The molecule has 29 heavy (non-hydrogen) atoms. The molecule has 148 valence electrons. The fraction of sp³-hybridized carbons (Fsp3) is 0.143. The summed E-state index contributed by atoms with van der Waals surface area (Å²) < 4.78 is 20.0. The summed E-state index contributed by atoms with van der Waals surface area (Å²) in [5, 5.41) is 3.87. The lowest BCUT2D eigenvalue weighted by molar-refractivity contribution is -0.139. The molecule has 0 radical (unpaired) electrons. The number of aromatic nitrogens is 2. The van der Waals surface area contributed by atoms with Crippen molar-refractivity contribution >= 4 is 18.0 Å². The Balaban J connectivity index is 1.55. The molecule has 0 atom stereocenters. The topological polar surface area (TPSA) is 101 Å². The largest absolute Gasteiger partial charge is 0.497 e. The van der Waals surface area contributed by atoms with E-state index in [1.807, 2.05) is 18.2 Å². The van der Waals surface area contributed by atoms with Gasteiger partial charge in [0.05, 0.1) is 19.8 Å². The van der Waals surface area contributed by atoms with Crippen LogP contribution >= 0.6 is 0 Å². The number of esters is 2. The summed E-state index contributed by atoms with van der Waals surface area (Å²) >= 11 is 0. The van der Waals surface area contributed by atoms with Crippen LogP contribution in [-0.4, -0.2) is 36.3 Å². The highest BCUT2D eigenvalue weighted by atomic mass is 16.6. The Morgan fingerprint density at radius 1 is 1.10 bits per heavy atom. The van der Waals surface area contributed by atoms with E-state index in [1.54, 1.807) is 43.5 Å². The molecule has 1 aromatic heterocycles. The highest BCUT2D eigenvalue weighted by molar-refractivity contribution is 5.90. The highest BCUT2D eigenvalue weighted by Gasteiger charge is 2.11. The average molecular weight is 394 g/mol. The molecule has 0 fully saturated rings. The smallest absolute Gasteiger partial charge is 0.337 e. The molecule has 0 unspecified atom stereocenters. The van der Waals surface area contributed by atoms with E-state index in [1.165, 1.54) is 13.2 Å². The van der Waals surface area contributed by atoms with Crippen molar-refractivity contribution in [2.75, 3.05) is 14.2 Å². The third-order valence-electron chi connectivity index (χ3n) is 3.88. The SMILES string of the molecule is COC(=O)c1ccc(/C=C/C(=O)OCc2nc(-c3cccc(OC)c3)no2)cc1. The molecule has 8 heteroatoms. The van der Waals surface area contributed by atoms with E-state index in [0.717, 1.165) is 11.1 Å². The molecule has 2 aromatic carbocycles. The van der Waals surface area contributed by atoms with Crippen LogP contribution in [-0.2, 0) is 20.9 Å². The van der Waals surface area contributed by atoms with Crippen molar-refractivity contribution in [2.45, 2.75) is 6.61 Å². The van der Waals surface area contributed by atoms with Crippen molar-refractivity contribution in [3.63, 3.8) is 0 Å². The van der Waals surface area contributed by atoms with E-state index in [9.17, 15) is 9.59 Å². The first-order valence-corrected chi connectivity index (χ1v) is 8.59. The zero-order chi connectivity index (χ0) is 20.6. The van der Waals surface area contributed by atoms with Crippen LogP contribution < -0.4 is 4.74 Å². The van der Waals surface area contributed by atoms with Crippen LogP contribution in [0.15, 0.2) is 59.1 Å². The average Bonchev–Trinajstić information content (AvgIpc) is 3.25. The quantitative estimate of drug-likeness (QED) is 0.444.